The smallest absolute Gasteiger partial charge is 0.416 e. The largest absolute Gasteiger partial charge is 0.497 e. The fraction of sp³-hybridized carbons (Fsp3) is 0.200. The Hall–Kier alpha value is -2.01. The van der Waals surface area contributed by atoms with Gasteiger partial charge in [-0.2, -0.15) is 13.2 Å². The number of halogens is 3. The lowest BCUT2D eigenvalue weighted by Crippen LogP contribution is -2.06. The number of hydrogen-bond donors (Lipinski definition) is 1. The second-order valence-corrected chi connectivity index (χ2v) is 4.30. The van der Waals surface area contributed by atoms with Gasteiger partial charge in [-0.05, 0) is 47.0 Å². The minimum atomic E-state index is -4.44. The molecule has 5 heteroatoms. The maximum absolute atomic E-state index is 12.8. The summed E-state index contributed by atoms with van der Waals surface area (Å²) in [5, 5.41) is 9.09. The maximum atomic E-state index is 12.8. The minimum absolute atomic E-state index is 0.227. The molecule has 0 spiro atoms. The molecule has 0 saturated heterocycles. The van der Waals surface area contributed by atoms with E-state index in [-0.39, 0.29) is 5.56 Å². The number of rotatable bonds is 3. The highest BCUT2D eigenvalue weighted by atomic mass is 19.4. The van der Waals surface area contributed by atoms with Gasteiger partial charge in [0.1, 0.15) is 5.75 Å². The second kappa shape index (κ2) is 5.54. The summed E-state index contributed by atoms with van der Waals surface area (Å²) in [5.74, 6) is 0.628. The first-order chi connectivity index (χ1) is 9.44. The van der Waals surface area contributed by atoms with Gasteiger partial charge in [0.15, 0.2) is 0 Å². The number of hydrogen-bond acceptors (Lipinski definition) is 2. The van der Waals surface area contributed by atoms with Gasteiger partial charge < -0.3 is 9.84 Å². The van der Waals surface area contributed by atoms with Gasteiger partial charge >= 0.3 is 6.18 Å². The van der Waals surface area contributed by atoms with Crippen molar-refractivity contribution in [1.82, 2.24) is 0 Å². The van der Waals surface area contributed by atoms with Crippen LogP contribution in [0.5, 0.6) is 5.75 Å². The van der Waals surface area contributed by atoms with E-state index in [1.807, 2.05) is 0 Å². The summed E-state index contributed by atoms with van der Waals surface area (Å²) in [7, 11) is 1.52. The van der Waals surface area contributed by atoms with Crippen LogP contribution >= 0.6 is 0 Å². The molecule has 0 aliphatic carbocycles. The molecule has 0 unspecified atom stereocenters. The summed E-state index contributed by atoms with van der Waals surface area (Å²) >= 11 is 0. The van der Waals surface area contributed by atoms with E-state index in [9.17, 15) is 13.2 Å². The van der Waals surface area contributed by atoms with Crippen molar-refractivity contribution in [3.63, 3.8) is 0 Å². The zero-order valence-electron chi connectivity index (χ0n) is 10.7. The molecule has 20 heavy (non-hydrogen) atoms. The van der Waals surface area contributed by atoms with Gasteiger partial charge in [-0.15, -0.1) is 0 Å². The average Bonchev–Trinajstić information content (AvgIpc) is 2.46. The van der Waals surface area contributed by atoms with Crippen molar-refractivity contribution in [3.05, 3.63) is 53.6 Å². The van der Waals surface area contributed by atoms with Gasteiger partial charge in [-0.1, -0.05) is 12.1 Å². The first-order valence-electron chi connectivity index (χ1n) is 5.90. The Morgan fingerprint density at radius 1 is 1.00 bits per heavy atom. The third-order valence-electron chi connectivity index (χ3n) is 2.93. The maximum Gasteiger partial charge on any atom is 0.416 e. The molecule has 0 radical (unpaired) electrons. The Morgan fingerprint density at radius 3 is 2.15 bits per heavy atom. The number of ether oxygens (including phenoxy) is 1. The monoisotopic (exact) mass is 282 g/mol. The van der Waals surface area contributed by atoms with E-state index in [0.29, 0.717) is 16.9 Å². The van der Waals surface area contributed by atoms with E-state index in [4.69, 9.17) is 9.84 Å². The Morgan fingerprint density at radius 2 is 1.65 bits per heavy atom. The van der Waals surface area contributed by atoms with Crippen LogP contribution < -0.4 is 4.74 Å². The number of aliphatic hydroxyl groups is 1. The third-order valence-corrected chi connectivity index (χ3v) is 2.93. The van der Waals surface area contributed by atoms with Crippen LogP contribution in [0.1, 0.15) is 11.1 Å². The fourth-order valence-corrected chi connectivity index (χ4v) is 1.90. The predicted octanol–water partition coefficient (Wildman–Crippen LogP) is 3.87. The molecule has 1 N–H and O–H groups in total. The lowest BCUT2D eigenvalue weighted by atomic mass is 9.99. The highest BCUT2D eigenvalue weighted by molar-refractivity contribution is 5.66. The quantitative estimate of drug-likeness (QED) is 0.926. The zero-order chi connectivity index (χ0) is 14.8. The molecule has 2 nitrogen and oxygen atoms in total. The number of alkyl halides is 3. The predicted molar refractivity (Wildman–Crippen MR) is 69.4 cm³/mol. The van der Waals surface area contributed by atoms with Gasteiger partial charge in [0, 0.05) is 0 Å². The second-order valence-electron chi connectivity index (χ2n) is 4.30. The van der Waals surface area contributed by atoms with Crippen molar-refractivity contribution >= 4 is 0 Å². The first-order valence-corrected chi connectivity index (χ1v) is 5.90. The van der Waals surface area contributed by atoms with Crippen LogP contribution in [0, 0.1) is 0 Å². The summed E-state index contributed by atoms with van der Waals surface area (Å²) in [6.45, 7) is -0.437. The summed E-state index contributed by atoms with van der Waals surface area (Å²) < 4.78 is 43.5. The van der Waals surface area contributed by atoms with Crippen molar-refractivity contribution < 1.29 is 23.0 Å². The fourth-order valence-electron chi connectivity index (χ4n) is 1.90. The Bertz CT molecular complexity index is 589. The van der Waals surface area contributed by atoms with Crippen LogP contribution in [0.15, 0.2) is 42.5 Å². The van der Waals surface area contributed by atoms with Crippen LogP contribution in [-0.4, -0.2) is 12.2 Å². The van der Waals surface area contributed by atoms with Gasteiger partial charge in [-0.3, -0.25) is 0 Å². The van der Waals surface area contributed by atoms with Crippen LogP contribution in [0.3, 0.4) is 0 Å². The van der Waals surface area contributed by atoms with Crippen LogP contribution in [0.25, 0.3) is 11.1 Å². The molecule has 0 aliphatic rings. The molecule has 0 aromatic heterocycles. The molecule has 2 aromatic rings. The molecule has 0 amide bonds. The summed E-state index contributed by atoms with van der Waals surface area (Å²) in [6, 6.07) is 10.3. The van der Waals surface area contributed by atoms with Crippen molar-refractivity contribution in [2.45, 2.75) is 12.8 Å². The Kier molecular flexibility index (Phi) is 3.99. The van der Waals surface area contributed by atoms with E-state index in [1.165, 1.54) is 13.2 Å². The summed E-state index contributed by atoms with van der Waals surface area (Å²) in [6.07, 6.45) is -4.44. The van der Waals surface area contributed by atoms with E-state index in [2.05, 4.69) is 0 Å². The molecule has 2 rings (SSSR count). The highest BCUT2D eigenvalue weighted by Crippen LogP contribution is 2.33. The molecular formula is C15H13F3O2. The lowest BCUT2D eigenvalue weighted by Gasteiger charge is -2.12. The molecule has 0 heterocycles. The summed E-state index contributed by atoms with van der Waals surface area (Å²) in [4.78, 5) is 0. The van der Waals surface area contributed by atoms with E-state index in [1.54, 1.807) is 24.3 Å². The van der Waals surface area contributed by atoms with E-state index >= 15 is 0 Å². The topological polar surface area (TPSA) is 29.5 Å². The third kappa shape index (κ3) is 3.11. The van der Waals surface area contributed by atoms with Crippen molar-refractivity contribution in [2.24, 2.45) is 0 Å². The molecule has 0 atom stereocenters. The Labute approximate surface area is 114 Å². The first kappa shape index (κ1) is 14.4. The van der Waals surface area contributed by atoms with Crippen molar-refractivity contribution in [3.8, 4) is 16.9 Å². The lowest BCUT2D eigenvalue weighted by molar-refractivity contribution is -0.137. The molecule has 106 valence electrons. The molecule has 0 saturated carbocycles. The van der Waals surface area contributed by atoms with Gasteiger partial charge in [-0.25, -0.2) is 0 Å². The van der Waals surface area contributed by atoms with Crippen LogP contribution in [0.4, 0.5) is 13.2 Å². The summed E-state index contributed by atoms with van der Waals surface area (Å²) in [5.41, 5.74) is 0.499. The number of aliphatic hydroxyl groups excluding tert-OH is 1. The minimum Gasteiger partial charge on any atom is -0.497 e. The van der Waals surface area contributed by atoms with Crippen LogP contribution in [-0.2, 0) is 12.8 Å². The standard InChI is InChI=1S/C15H13F3O2/c1-20-14-4-2-11(3-5-14)12-6-10(9-19)7-13(8-12)15(16,17)18/h2-8,19H,9H2,1H3. The average molecular weight is 282 g/mol. The molecule has 0 bridgehead atoms. The SMILES string of the molecule is COc1ccc(-c2cc(CO)cc(C(F)(F)F)c2)cc1. The number of benzene rings is 2. The van der Waals surface area contributed by atoms with Crippen molar-refractivity contribution in [2.75, 3.05) is 7.11 Å². The van der Waals surface area contributed by atoms with Gasteiger partial charge in [0.05, 0.1) is 19.3 Å². The molecule has 0 fully saturated rings. The molecule has 2 aromatic carbocycles. The Balaban J connectivity index is 2.49. The number of methoxy groups -OCH3 is 1. The van der Waals surface area contributed by atoms with Crippen LogP contribution in [0.2, 0.25) is 0 Å². The highest BCUT2D eigenvalue weighted by Gasteiger charge is 2.31. The van der Waals surface area contributed by atoms with E-state index < -0.39 is 18.3 Å². The molecule has 0 aliphatic heterocycles. The molecular weight excluding hydrogens is 269 g/mol. The van der Waals surface area contributed by atoms with Crippen molar-refractivity contribution in [1.29, 1.82) is 0 Å². The van der Waals surface area contributed by atoms with E-state index in [0.717, 1.165) is 12.1 Å². The zero-order valence-corrected chi connectivity index (χ0v) is 10.7. The van der Waals surface area contributed by atoms with Gasteiger partial charge in [0.25, 0.3) is 0 Å². The normalized spacial score (nSPS) is 11.4. The van der Waals surface area contributed by atoms with Gasteiger partial charge in [0.2, 0.25) is 0 Å².